The first kappa shape index (κ1) is 15.4. The summed E-state index contributed by atoms with van der Waals surface area (Å²) in [6.45, 7) is 5.26. The number of amides is 1. The number of hydrogen-bond acceptors (Lipinski definition) is 3. The third-order valence-corrected chi connectivity index (χ3v) is 3.81. The van der Waals surface area contributed by atoms with Crippen molar-refractivity contribution in [2.24, 2.45) is 0 Å². The number of aliphatic hydroxyl groups is 1. The van der Waals surface area contributed by atoms with E-state index < -0.39 is 5.60 Å². The Morgan fingerprint density at radius 2 is 2.20 bits per heavy atom. The summed E-state index contributed by atoms with van der Waals surface area (Å²) in [6, 6.07) is 1.79. The molecule has 1 amide bonds. The van der Waals surface area contributed by atoms with Crippen molar-refractivity contribution >= 4 is 17.5 Å². The molecule has 0 aliphatic carbocycles. The standard InChI is InChI=1S/C14H21ClN2O3/c1-10(2)17-8-11(15)7-12(17)13(18)16-9-14(19)3-5-20-6-4-14/h7-8,10,19H,3-6,9H2,1-2H3,(H,16,18). The molecule has 0 radical (unpaired) electrons. The summed E-state index contributed by atoms with van der Waals surface area (Å²) in [6.07, 6.45) is 2.82. The van der Waals surface area contributed by atoms with Crippen LogP contribution in [0.1, 0.15) is 43.2 Å². The largest absolute Gasteiger partial charge is 0.388 e. The van der Waals surface area contributed by atoms with E-state index >= 15 is 0 Å². The number of aromatic nitrogens is 1. The van der Waals surface area contributed by atoms with Crippen LogP contribution in [0.15, 0.2) is 12.3 Å². The molecule has 0 atom stereocenters. The second-order valence-corrected chi connectivity index (χ2v) is 6.00. The lowest BCUT2D eigenvalue weighted by atomic mass is 9.94. The van der Waals surface area contributed by atoms with Crippen LogP contribution >= 0.6 is 11.6 Å². The van der Waals surface area contributed by atoms with Crippen molar-refractivity contribution in [3.8, 4) is 0 Å². The summed E-state index contributed by atoms with van der Waals surface area (Å²) < 4.78 is 7.04. The number of halogens is 1. The van der Waals surface area contributed by atoms with Gasteiger partial charge in [0, 0.05) is 44.8 Å². The van der Waals surface area contributed by atoms with E-state index in [4.69, 9.17) is 16.3 Å². The minimum absolute atomic E-state index is 0.148. The Labute approximate surface area is 123 Å². The zero-order chi connectivity index (χ0) is 14.8. The smallest absolute Gasteiger partial charge is 0.268 e. The van der Waals surface area contributed by atoms with Gasteiger partial charge in [-0.25, -0.2) is 0 Å². The SMILES string of the molecule is CC(C)n1cc(Cl)cc1C(=O)NCC1(O)CCOCC1. The van der Waals surface area contributed by atoms with Crippen molar-refractivity contribution in [2.45, 2.75) is 38.3 Å². The lowest BCUT2D eigenvalue weighted by molar-refractivity contribution is -0.0605. The predicted octanol–water partition coefficient (Wildman–Crippen LogP) is 1.99. The summed E-state index contributed by atoms with van der Waals surface area (Å²) in [7, 11) is 0. The topological polar surface area (TPSA) is 63.5 Å². The van der Waals surface area contributed by atoms with Crippen LogP contribution in [-0.2, 0) is 4.74 Å². The second-order valence-electron chi connectivity index (χ2n) is 5.56. The lowest BCUT2D eigenvalue weighted by Crippen LogP contribution is -2.46. The Balaban J connectivity index is 2.01. The van der Waals surface area contributed by atoms with E-state index in [0.29, 0.717) is 36.8 Å². The highest BCUT2D eigenvalue weighted by molar-refractivity contribution is 6.31. The molecule has 1 aromatic rings. The van der Waals surface area contributed by atoms with Gasteiger partial charge >= 0.3 is 0 Å². The highest BCUT2D eigenvalue weighted by Crippen LogP contribution is 2.21. The van der Waals surface area contributed by atoms with Crippen LogP contribution in [0.3, 0.4) is 0 Å². The molecule has 1 fully saturated rings. The monoisotopic (exact) mass is 300 g/mol. The van der Waals surface area contributed by atoms with Gasteiger partial charge in [-0.15, -0.1) is 0 Å². The molecule has 0 aromatic carbocycles. The molecule has 1 aliphatic rings. The van der Waals surface area contributed by atoms with Gasteiger partial charge in [-0.05, 0) is 19.9 Å². The van der Waals surface area contributed by atoms with Gasteiger partial charge in [0.1, 0.15) is 5.69 Å². The summed E-state index contributed by atoms with van der Waals surface area (Å²) in [5.41, 5.74) is -0.354. The molecular formula is C14H21ClN2O3. The lowest BCUT2D eigenvalue weighted by Gasteiger charge is -2.32. The summed E-state index contributed by atoms with van der Waals surface area (Å²) in [5, 5.41) is 13.7. The third-order valence-electron chi connectivity index (χ3n) is 3.61. The molecule has 2 rings (SSSR count). The zero-order valence-corrected chi connectivity index (χ0v) is 12.6. The summed E-state index contributed by atoms with van der Waals surface area (Å²) >= 11 is 5.96. The van der Waals surface area contributed by atoms with Crippen LogP contribution in [0, 0.1) is 0 Å². The molecule has 0 bridgehead atoms. The fraction of sp³-hybridized carbons (Fsp3) is 0.643. The van der Waals surface area contributed by atoms with Gasteiger partial charge in [0.25, 0.3) is 5.91 Å². The fourth-order valence-electron chi connectivity index (χ4n) is 2.32. The number of rotatable bonds is 4. The van der Waals surface area contributed by atoms with Crippen molar-refractivity contribution in [2.75, 3.05) is 19.8 Å². The van der Waals surface area contributed by atoms with Gasteiger partial charge in [0.05, 0.1) is 10.6 Å². The quantitative estimate of drug-likeness (QED) is 0.894. The average Bonchev–Trinajstić information content (AvgIpc) is 2.79. The van der Waals surface area contributed by atoms with Gasteiger partial charge in [0.15, 0.2) is 0 Å². The molecular weight excluding hydrogens is 280 g/mol. The Morgan fingerprint density at radius 3 is 2.80 bits per heavy atom. The molecule has 1 saturated heterocycles. The second kappa shape index (κ2) is 6.16. The highest BCUT2D eigenvalue weighted by Gasteiger charge is 2.30. The third kappa shape index (κ3) is 3.53. The van der Waals surface area contributed by atoms with E-state index in [1.807, 2.05) is 18.4 Å². The molecule has 0 saturated carbocycles. The maximum atomic E-state index is 12.2. The first-order valence-electron chi connectivity index (χ1n) is 6.87. The Kier molecular flexibility index (Phi) is 4.73. The Hall–Kier alpha value is -1.04. The normalized spacial score (nSPS) is 18.2. The molecule has 112 valence electrons. The van der Waals surface area contributed by atoms with Crippen LogP contribution in [0.25, 0.3) is 0 Å². The van der Waals surface area contributed by atoms with Gasteiger partial charge < -0.3 is 19.7 Å². The Morgan fingerprint density at radius 1 is 1.55 bits per heavy atom. The number of hydrogen-bond donors (Lipinski definition) is 2. The summed E-state index contributed by atoms with van der Waals surface area (Å²) in [5.74, 6) is -0.217. The number of ether oxygens (including phenoxy) is 1. The van der Waals surface area contributed by atoms with E-state index in [0.717, 1.165) is 0 Å². The highest BCUT2D eigenvalue weighted by atomic mass is 35.5. The molecule has 0 unspecified atom stereocenters. The van der Waals surface area contributed by atoms with E-state index in [-0.39, 0.29) is 18.5 Å². The molecule has 0 spiro atoms. The average molecular weight is 301 g/mol. The number of carbonyl (C=O) groups is 1. The Bertz CT molecular complexity index is 479. The van der Waals surface area contributed by atoms with Crippen molar-refractivity contribution in [3.63, 3.8) is 0 Å². The van der Waals surface area contributed by atoms with Crippen LogP contribution in [-0.4, -0.2) is 40.9 Å². The number of nitrogens with one attached hydrogen (secondary N) is 1. The minimum Gasteiger partial charge on any atom is -0.388 e. The molecule has 20 heavy (non-hydrogen) atoms. The van der Waals surface area contributed by atoms with Crippen molar-refractivity contribution in [1.29, 1.82) is 0 Å². The maximum absolute atomic E-state index is 12.2. The van der Waals surface area contributed by atoms with Crippen molar-refractivity contribution < 1.29 is 14.6 Å². The molecule has 1 aliphatic heterocycles. The molecule has 2 heterocycles. The van der Waals surface area contributed by atoms with Crippen LogP contribution in [0.4, 0.5) is 0 Å². The van der Waals surface area contributed by atoms with Crippen molar-refractivity contribution in [1.82, 2.24) is 9.88 Å². The van der Waals surface area contributed by atoms with Crippen LogP contribution < -0.4 is 5.32 Å². The zero-order valence-electron chi connectivity index (χ0n) is 11.9. The molecule has 6 heteroatoms. The minimum atomic E-state index is -0.868. The summed E-state index contributed by atoms with van der Waals surface area (Å²) in [4.78, 5) is 12.2. The molecule has 2 N–H and O–H groups in total. The predicted molar refractivity (Wildman–Crippen MR) is 77.2 cm³/mol. The fourth-order valence-corrected chi connectivity index (χ4v) is 2.53. The van der Waals surface area contributed by atoms with Gasteiger partial charge in [-0.2, -0.15) is 0 Å². The molecule has 1 aromatic heterocycles. The van der Waals surface area contributed by atoms with E-state index in [1.54, 1.807) is 12.3 Å². The van der Waals surface area contributed by atoms with Crippen LogP contribution in [0.5, 0.6) is 0 Å². The molecule has 5 nitrogen and oxygen atoms in total. The number of nitrogens with zero attached hydrogens (tertiary/aromatic N) is 1. The first-order chi connectivity index (χ1) is 9.41. The van der Waals surface area contributed by atoms with E-state index in [2.05, 4.69) is 5.32 Å². The maximum Gasteiger partial charge on any atom is 0.268 e. The number of carbonyl (C=O) groups excluding carboxylic acids is 1. The van der Waals surface area contributed by atoms with E-state index in [1.165, 1.54) is 0 Å². The van der Waals surface area contributed by atoms with Crippen molar-refractivity contribution in [3.05, 3.63) is 23.0 Å². The van der Waals surface area contributed by atoms with Gasteiger partial charge in [-0.1, -0.05) is 11.6 Å². The first-order valence-corrected chi connectivity index (χ1v) is 7.25. The van der Waals surface area contributed by atoms with Gasteiger partial charge in [-0.3, -0.25) is 4.79 Å². The van der Waals surface area contributed by atoms with Crippen LogP contribution in [0.2, 0.25) is 5.02 Å². The van der Waals surface area contributed by atoms with Gasteiger partial charge in [0.2, 0.25) is 0 Å². The van der Waals surface area contributed by atoms with E-state index in [9.17, 15) is 9.90 Å².